The van der Waals surface area contributed by atoms with E-state index in [0.29, 0.717) is 25.9 Å². The van der Waals surface area contributed by atoms with Crippen LogP contribution in [0.5, 0.6) is 0 Å². The standard InChI is InChI=1S/C22H28ClN3O5S/c1-16(20(27)25-22(15-24)10-4-2-5-11-22)31-21(28)18-14-17(8-9-19(18)23)32(29,30)26-12-6-3-7-13-26/h8-9,14,16H,2-7,10-13H2,1H3,(H,25,27). The number of sulfonamides is 1. The summed E-state index contributed by atoms with van der Waals surface area (Å²) in [5, 5.41) is 12.3. The molecule has 1 heterocycles. The van der Waals surface area contributed by atoms with Gasteiger partial charge in [-0.3, -0.25) is 4.79 Å². The van der Waals surface area contributed by atoms with Gasteiger partial charge in [0.25, 0.3) is 5.91 Å². The average molecular weight is 482 g/mol. The highest BCUT2D eigenvalue weighted by molar-refractivity contribution is 7.89. The lowest BCUT2D eigenvalue weighted by Crippen LogP contribution is -2.52. The third kappa shape index (κ3) is 5.42. The van der Waals surface area contributed by atoms with Crippen LogP contribution in [-0.4, -0.2) is 49.3 Å². The largest absolute Gasteiger partial charge is 0.449 e. The smallest absolute Gasteiger partial charge is 0.340 e. The van der Waals surface area contributed by atoms with E-state index in [9.17, 15) is 23.3 Å². The number of carbonyl (C=O) groups is 2. The molecule has 8 nitrogen and oxygen atoms in total. The average Bonchev–Trinajstić information content (AvgIpc) is 2.80. The summed E-state index contributed by atoms with van der Waals surface area (Å²) in [6, 6.07) is 6.08. The zero-order valence-electron chi connectivity index (χ0n) is 18.1. The van der Waals surface area contributed by atoms with Crippen LogP contribution in [0, 0.1) is 11.3 Å². The Hall–Kier alpha value is -2.15. The summed E-state index contributed by atoms with van der Waals surface area (Å²) in [5.41, 5.74) is -1.08. The number of benzene rings is 1. The van der Waals surface area contributed by atoms with Crippen molar-refractivity contribution in [3.8, 4) is 6.07 Å². The van der Waals surface area contributed by atoms with Gasteiger partial charge in [0, 0.05) is 13.1 Å². The number of nitriles is 1. The number of esters is 1. The predicted molar refractivity (Wildman–Crippen MR) is 119 cm³/mol. The molecule has 1 atom stereocenters. The lowest BCUT2D eigenvalue weighted by atomic mass is 9.83. The SMILES string of the molecule is CC(OC(=O)c1cc(S(=O)(=O)N2CCCCC2)ccc1Cl)C(=O)NC1(C#N)CCCCC1. The molecule has 2 aliphatic rings. The molecule has 0 spiro atoms. The lowest BCUT2D eigenvalue weighted by molar-refractivity contribution is -0.130. The van der Waals surface area contributed by atoms with Crippen LogP contribution >= 0.6 is 11.6 Å². The van der Waals surface area contributed by atoms with Crippen molar-refractivity contribution < 1.29 is 22.7 Å². The minimum Gasteiger partial charge on any atom is -0.449 e. The van der Waals surface area contributed by atoms with Crippen LogP contribution in [-0.2, 0) is 19.6 Å². The van der Waals surface area contributed by atoms with Crippen molar-refractivity contribution in [3.05, 3.63) is 28.8 Å². The van der Waals surface area contributed by atoms with E-state index >= 15 is 0 Å². The maximum Gasteiger partial charge on any atom is 0.340 e. The van der Waals surface area contributed by atoms with Gasteiger partial charge in [0.15, 0.2) is 6.10 Å². The van der Waals surface area contributed by atoms with E-state index in [-0.39, 0.29) is 15.5 Å². The number of carbonyl (C=O) groups excluding carboxylic acids is 2. The number of nitrogens with zero attached hydrogens (tertiary/aromatic N) is 2. The second-order valence-electron chi connectivity index (χ2n) is 8.40. The van der Waals surface area contributed by atoms with Gasteiger partial charge in [-0.2, -0.15) is 9.57 Å². The zero-order chi connectivity index (χ0) is 23.4. The van der Waals surface area contributed by atoms with Crippen LogP contribution in [0.4, 0.5) is 0 Å². The van der Waals surface area contributed by atoms with Crippen molar-refractivity contribution in [1.29, 1.82) is 5.26 Å². The van der Waals surface area contributed by atoms with E-state index in [1.807, 2.05) is 0 Å². The Morgan fingerprint density at radius 3 is 2.41 bits per heavy atom. The first-order valence-electron chi connectivity index (χ1n) is 10.9. The van der Waals surface area contributed by atoms with E-state index in [1.54, 1.807) is 0 Å². The molecule has 0 radical (unpaired) electrons. The van der Waals surface area contributed by atoms with Gasteiger partial charge < -0.3 is 10.1 Å². The summed E-state index contributed by atoms with van der Waals surface area (Å²) in [7, 11) is -3.76. The predicted octanol–water partition coefficient (Wildman–Crippen LogP) is 3.40. The number of hydrogen-bond donors (Lipinski definition) is 1. The summed E-state index contributed by atoms with van der Waals surface area (Å²) >= 11 is 6.14. The number of rotatable bonds is 6. The zero-order valence-corrected chi connectivity index (χ0v) is 19.7. The molecule has 1 saturated carbocycles. The number of halogens is 1. The van der Waals surface area contributed by atoms with Gasteiger partial charge in [0.2, 0.25) is 10.0 Å². The molecule has 174 valence electrons. The molecule has 1 unspecified atom stereocenters. The molecule has 32 heavy (non-hydrogen) atoms. The molecule has 1 amide bonds. The molecule has 0 bridgehead atoms. The van der Waals surface area contributed by atoms with Gasteiger partial charge in [-0.05, 0) is 50.8 Å². The van der Waals surface area contributed by atoms with Crippen LogP contribution in [0.15, 0.2) is 23.1 Å². The highest BCUT2D eigenvalue weighted by Crippen LogP contribution is 2.28. The van der Waals surface area contributed by atoms with Crippen molar-refractivity contribution in [2.75, 3.05) is 13.1 Å². The van der Waals surface area contributed by atoms with Crippen LogP contribution < -0.4 is 5.32 Å². The summed E-state index contributed by atoms with van der Waals surface area (Å²) in [6.07, 6.45) is 5.20. The number of nitrogens with one attached hydrogen (secondary N) is 1. The molecule has 1 aromatic carbocycles. The minimum absolute atomic E-state index is 0.0287. The van der Waals surface area contributed by atoms with E-state index in [2.05, 4.69) is 11.4 Å². The van der Waals surface area contributed by atoms with E-state index in [1.165, 1.54) is 29.4 Å². The van der Waals surface area contributed by atoms with Crippen LogP contribution in [0.2, 0.25) is 5.02 Å². The Morgan fingerprint density at radius 1 is 1.16 bits per heavy atom. The fourth-order valence-corrected chi connectivity index (χ4v) is 5.85. The first kappa shape index (κ1) is 24.5. The molecule has 2 fully saturated rings. The molecular formula is C22H28ClN3O5S. The van der Waals surface area contributed by atoms with Crippen LogP contribution in [0.3, 0.4) is 0 Å². The molecule has 1 saturated heterocycles. The molecule has 3 rings (SSSR count). The monoisotopic (exact) mass is 481 g/mol. The minimum atomic E-state index is -3.76. The van der Waals surface area contributed by atoms with Crippen molar-refractivity contribution >= 4 is 33.5 Å². The quantitative estimate of drug-likeness (QED) is 0.622. The first-order valence-corrected chi connectivity index (χ1v) is 12.7. The molecule has 1 N–H and O–H groups in total. The van der Waals surface area contributed by atoms with E-state index < -0.39 is 33.5 Å². The molecule has 10 heteroatoms. The highest BCUT2D eigenvalue weighted by Gasteiger charge is 2.36. The van der Waals surface area contributed by atoms with Crippen LogP contribution in [0.25, 0.3) is 0 Å². The Morgan fingerprint density at radius 2 is 1.78 bits per heavy atom. The third-order valence-corrected chi connectivity index (χ3v) is 8.27. The molecule has 1 aliphatic carbocycles. The van der Waals surface area contributed by atoms with Gasteiger partial charge in [0.05, 0.1) is 21.6 Å². The van der Waals surface area contributed by atoms with Gasteiger partial charge >= 0.3 is 5.97 Å². The van der Waals surface area contributed by atoms with Gasteiger partial charge in [0.1, 0.15) is 5.54 Å². The van der Waals surface area contributed by atoms with Crippen molar-refractivity contribution in [2.24, 2.45) is 0 Å². The summed E-state index contributed by atoms with van der Waals surface area (Å²) in [4.78, 5) is 25.3. The van der Waals surface area contributed by atoms with Crippen LogP contribution in [0.1, 0.15) is 68.6 Å². The molecule has 1 aliphatic heterocycles. The summed E-state index contributed by atoms with van der Waals surface area (Å²) in [6.45, 7) is 2.27. The number of piperidine rings is 1. The van der Waals surface area contributed by atoms with Crippen molar-refractivity contribution in [2.45, 2.75) is 74.8 Å². The molecule has 1 aromatic rings. The number of ether oxygens (including phenoxy) is 1. The van der Waals surface area contributed by atoms with Crippen molar-refractivity contribution in [1.82, 2.24) is 9.62 Å². The molecule has 0 aromatic heterocycles. The summed E-state index contributed by atoms with van der Waals surface area (Å²) in [5.74, 6) is -1.47. The van der Waals surface area contributed by atoms with E-state index in [0.717, 1.165) is 38.5 Å². The Labute approximate surface area is 193 Å². The molecular weight excluding hydrogens is 454 g/mol. The highest BCUT2D eigenvalue weighted by atomic mass is 35.5. The maximum atomic E-state index is 12.9. The summed E-state index contributed by atoms with van der Waals surface area (Å²) < 4.78 is 32.5. The Balaban J connectivity index is 1.72. The topological polar surface area (TPSA) is 117 Å². The number of amides is 1. The van der Waals surface area contributed by atoms with Gasteiger partial charge in [-0.1, -0.05) is 37.3 Å². The second-order valence-corrected chi connectivity index (χ2v) is 10.7. The van der Waals surface area contributed by atoms with Crippen molar-refractivity contribution in [3.63, 3.8) is 0 Å². The number of hydrogen-bond acceptors (Lipinski definition) is 6. The van der Waals surface area contributed by atoms with Gasteiger partial charge in [-0.25, -0.2) is 13.2 Å². The fraction of sp³-hybridized carbons (Fsp3) is 0.591. The third-order valence-electron chi connectivity index (χ3n) is 6.05. The Kier molecular flexibility index (Phi) is 7.80. The van der Waals surface area contributed by atoms with E-state index in [4.69, 9.17) is 16.3 Å². The lowest BCUT2D eigenvalue weighted by Gasteiger charge is -2.32. The second kappa shape index (κ2) is 10.2. The fourth-order valence-electron chi connectivity index (χ4n) is 4.11. The normalized spacial score (nSPS) is 20.0. The maximum absolute atomic E-state index is 12.9. The van der Waals surface area contributed by atoms with Gasteiger partial charge in [-0.15, -0.1) is 0 Å². The Bertz CT molecular complexity index is 1010. The first-order chi connectivity index (χ1) is 15.2.